The van der Waals surface area contributed by atoms with Crippen molar-refractivity contribution in [1.29, 1.82) is 0 Å². The summed E-state index contributed by atoms with van der Waals surface area (Å²) in [4.78, 5) is 16.5. The summed E-state index contributed by atoms with van der Waals surface area (Å²) in [5, 5.41) is 2.87. The Morgan fingerprint density at radius 2 is 1.74 bits per heavy atom. The van der Waals surface area contributed by atoms with E-state index in [0.29, 0.717) is 5.70 Å². The summed E-state index contributed by atoms with van der Waals surface area (Å²) in [5.41, 5.74) is 5.16. The molecule has 23 heavy (non-hydrogen) atoms. The summed E-state index contributed by atoms with van der Waals surface area (Å²) in [6.45, 7) is 4.12. The monoisotopic (exact) mass is 304 g/mol. The molecule has 0 saturated carbocycles. The van der Waals surface area contributed by atoms with Gasteiger partial charge in [-0.05, 0) is 37.5 Å². The molecule has 116 valence electrons. The van der Waals surface area contributed by atoms with Gasteiger partial charge >= 0.3 is 0 Å². The van der Waals surface area contributed by atoms with E-state index < -0.39 is 0 Å². The number of nitrogens with zero attached hydrogens (tertiary/aromatic N) is 1. The second kappa shape index (κ2) is 6.61. The van der Waals surface area contributed by atoms with E-state index in [0.717, 1.165) is 24.2 Å². The molecule has 3 rings (SSSR count). The Morgan fingerprint density at radius 3 is 2.48 bits per heavy atom. The minimum atomic E-state index is -0.120. The Bertz CT molecular complexity index is 803. The number of amides is 1. The van der Waals surface area contributed by atoms with E-state index in [2.05, 4.69) is 41.5 Å². The lowest BCUT2D eigenvalue weighted by Gasteiger charge is -2.02. The summed E-state index contributed by atoms with van der Waals surface area (Å²) < 4.78 is 0. The maximum absolute atomic E-state index is 12.0. The molecule has 1 heterocycles. The molecule has 1 aliphatic rings. The number of carbonyl (C=O) groups excluding carboxylic acids is 1. The third kappa shape index (κ3) is 3.95. The van der Waals surface area contributed by atoms with Crippen molar-refractivity contribution in [2.45, 2.75) is 26.7 Å². The predicted molar refractivity (Wildman–Crippen MR) is 94.2 cm³/mol. The lowest BCUT2D eigenvalue weighted by molar-refractivity contribution is -0.115. The fourth-order valence-electron chi connectivity index (χ4n) is 2.68. The van der Waals surface area contributed by atoms with Gasteiger partial charge in [0.2, 0.25) is 0 Å². The van der Waals surface area contributed by atoms with E-state index in [1.807, 2.05) is 37.3 Å². The quantitative estimate of drug-likeness (QED) is 0.858. The first-order valence-corrected chi connectivity index (χ1v) is 7.83. The summed E-state index contributed by atoms with van der Waals surface area (Å²) in [5.74, 6) is 0.626. The fourth-order valence-corrected chi connectivity index (χ4v) is 2.68. The van der Waals surface area contributed by atoms with Gasteiger partial charge in [-0.3, -0.25) is 4.79 Å². The van der Waals surface area contributed by atoms with E-state index in [-0.39, 0.29) is 5.91 Å². The number of hydrogen-bond donors (Lipinski definition) is 1. The zero-order valence-electron chi connectivity index (χ0n) is 13.5. The third-order valence-corrected chi connectivity index (χ3v) is 3.82. The largest absolute Gasteiger partial charge is 0.309 e. The van der Waals surface area contributed by atoms with Gasteiger partial charge < -0.3 is 5.32 Å². The lowest BCUT2D eigenvalue weighted by atomic mass is 10.1. The average Bonchev–Trinajstić information content (AvgIpc) is 2.86. The lowest BCUT2D eigenvalue weighted by Crippen LogP contribution is -2.24. The van der Waals surface area contributed by atoms with Gasteiger partial charge in [0.15, 0.2) is 0 Å². The normalized spacial score (nSPS) is 15.7. The number of hydrogen-bond acceptors (Lipinski definition) is 2. The summed E-state index contributed by atoms with van der Waals surface area (Å²) >= 11 is 0. The SMILES string of the molecule is Cc1cccc(/C=C2/N=C(CCc3cccc(C)c3)NC2=O)c1. The highest BCUT2D eigenvalue weighted by atomic mass is 16.2. The number of rotatable bonds is 4. The highest BCUT2D eigenvalue weighted by Gasteiger charge is 2.19. The van der Waals surface area contributed by atoms with E-state index in [1.165, 1.54) is 16.7 Å². The van der Waals surface area contributed by atoms with Crippen LogP contribution in [0.1, 0.15) is 28.7 Å². The molecule has 1 amide bonds. The predicted octanol–water partition coefficient (Wildman–Crippen LogP) is 3.81. The van der Waals surface area contributed by atoms with Gasteiger partial charge in [0.05, 0.1) is 0 Å². The van der Waals surface area contributed by atoms with Crippen LogP contribution in [0.5, 0.6) is 0 Å². The highest BCUT2D eigenvalue weighted by molar-refractivity contribution is 6.14. The molecular weight excluding hydrogens is 284 g/mol. The number of benzene rings is 2. The second-order valence-corrected chi connectivity index (χ2v) is 5.95. The summed E-state index contributed by atoms with van der Waals surface area (Å²) in [6.07, 6.45) is 3.45. The molecule has 1 N–H and O–H groups in total. The zero-order valence-corrected chi connectivity index (χ0v) is 13.5. The van der Waals surface area contributed by atoms with Crippen LogP contribution in [0.4, 0.5) is 0 Å². The van der Waals surface area contributed by atoms with E-state index in [1.54, 1.807) is 0 Å². The molecule has 0 bridgehead atoms. The molecule has 0 fully saturated rings. The van der Waals surface area contributed by atoms with Crippen molar-refractivity contribution in [2.24, 2.45) is 4.99 Å². The van der Waals surface area contributed by atoms with Crippen molar-refractivity contribution in [1.82, 2.24) is 5.32 Å². The third-order valence-electron chi connectivity index (χ3n) is 3.82. The van der Waals surface area contributed by atoms with Gasteiger partial charge in [0.25, 0.3) is 5.91 Å². The van der Waals surface area contributed by atoms with E-state index >= 15 is 0 Å². The van der Waals surface area contributed by atoms with E-state index in [9.17, 15) is 4.79 Å². The molecule has 0 radical (unpaired) electrons. The highest BCUT2D eigenvalue weighted by Crippen LogP contribution is 2.15. The number of carbonyl (C=O) groups is 1. The van der Waals surface area contributed by atoms with Gasteiger partial charge in [0, 0.05) is 6.42 Å². The topological polar surface area (TPSA) is 41.5 Å². The van der Waals surface area contributed by atoms with Crippen molar-refractivity contribution in [3.63, 3.8) is 0 Å². The average molecular weight is 304 g/mol. The number of aryl methyl sites for hydroxylation is 3. The first-order valence-electron chi connectivity index (χ1n) is 7.83. The van der Waals surface area contributed by atoms with Crippen molar-refractivity contribution < 1.29 is 4.79 Å². The summed E-state index contributed by atoms with van der Waals surface area (Å²) in [6, 6.07) is 16.5. The van der Waals surface area contributed by atoms with Crippen LogP contribution in [0.3, 0.4) is 0 Å². The molecule has 1 aliphatic heterocycles. The Hall–Kier alpha value is -2.68. The maximum Gasteiger partial charge on any atom is 0.275 e. The molecule has 0 aromatic heterocycles. The Balaban J connectivity index is 1.71. The van der Waals surface area contributed by atoms with Gasteiger partial charge in [-0.2, -0.15) is 0 Å². The standard InChI is InChI=1S/C20H20N2O/c1-14-5-3-7-16(11-14)9-10-19-21-18(20(23)22-19)13-17-8-4-6-15(2)12-17/h3-8,11-13H,9-10H2,1-2H3,(H,21,22,23)/b18-13+. The van der Waals surface area contributed by atoms with Gasteiger partial charge in [-0.25, -0.2) is 4.99 Å². The second-order valence-electron chi connectivity index (χ2n) is 5.95. The van der Waals surface area contributed by atoms with E-state index in [4.69, 9.17) is 0 Å². The van der Waals surface area contributed by atoms with Gasteiger partial charge in [0.1, 0.15) is 11.5 Å². The molecule has 0 saturated heterocycles. The van der Waals surface area contributed by atoms with Crippen LogP contribution < -0.4 is 5.32 Å². The Labute approximate surface area is 136 Å². The van der Waals surface area contributed by atoms with Crippen molar-refractivity contribution >= 4 is 17.8 Å². The molecule has 0 atom stereocenters. The van der Waals surface area contributed by atoms with Crippen LogP contribution in [0, 0.1) is 13.8 Å². The van der Waals surface area contributed by atoms with Crippen molar-refractivity contribution in [3.8, 4) is 0 Å². The van der Waals surface area contributed by atoms with Gasteiger partial charge in [-0.1, -0.05) is 59.7 Å². The molecule has 2 aromatic carbocycles. The minimum Gasteiger partial charge on any atom is -0.309 e. The first kappa shape index (κ1) is 15.2. The smallest absolute Gasteiger partial charge is 0.275 e. The number of nitrogens with one attached hydrogen (secondary N) is 1. The molecule has 3 nitrogen and oxygen atoms in total. The van der Waals surface area contributed by atoms with Crippen LogP contribution in [0.25, 0.3) is 6.08 Å². The Morgan fingerprint density at radius 1 is 1.00 bits per heavy atom. The minimum absolute atomic E-state index is 0.120. The molecule has 2 aromatic rings. The van der Waals surface area contributed by atoms with Crippen LogP contribution in [0.2, 0.25) is 0 Å². The van der Waals surface area contributed by atoms with Crippen LogP contribution in [-0.4, -0.2) is 11.7 Å². The number of amidine groups is 1. The van der Waals surface area contributed by atoms with Crippen LogP contribution in [0.15, 0.2) is 59.2 Å². The molecule has 3 heteroatoms. The van der Waals surface area contributed by atoms with Crippen LogP contribution >= 0.6 is 0 Å². The van der Waals surface area contributed by atoms with Crippen molar-refractivity contribution in [3.05, 3.63) is 76.5 Å². The van der Waals surface area contributed by atoms with Crippen molar-refractivity contribution in [2.75, 3.05) is 0 Å². The van der Waals surface area contributed by atoms with Gasteiger partial charge in [-0.15, -0.1) is 0 Å². The molecule has 0 aliphatic carbocycles. The molecular formula is C20H20N2O. The van der Waals surface area contributed by atoms with Crippen LogP contribution in [-0.2, 0) is 11.2 Å². The molecule has 0 unspecified atom stereocenters. The number of aliphatic imine (C=N–C) groups is 1. The fraction of sp³-hybridized carbons (Fsp3) is 0.200. The maximum atomic E-state index is 12.0. The Kier molecular flexibility index (Phi) is 4.38. The zero-order chi connectivity index (χ0) is 16.2. The molecule has 0 spiro atoms. The first-order chi connectivity index (χ1) is 11.1. The summed E-state index contributed by atoms with van der Waals surface area (Å²) in [7, 11) is 0.